The summed E-state index contributed by atoms with van der Waals surface area (Å²) in [5.41, 5.74) is 0.837. The minimum Gasteiger partial charge on any atom is -0.493 e. The molecule has 0 radical (unpaired) electrons. The third-order valence-electron chi connectivity index (χ3n) is 3.88. The number of ether oxygens (including phenoxy) is 3. The monoisotopic (exact) mass is 406 g/mol. The van der Waals surface area contributed by atoms with Crippen molar-refractivity contribution in [2.45, 2.75) is 0 Å². The maximum atomic E-state index is 12.3. The zero-order valence-corrected chi connectivity index (χ0v) is 16.3. The molecule has 3 rings (SSSR count). The van der Waals surface area contributed by atoms with Crippen molar-refractivity contribution in [1.82, 2.24) is 9.97 Å². The molecule has 2 aromatic carbocycles. The number of H-pyrrole nitrogens is 1. The number of fused-ring (bicyclic) bond motifs is 1. The second-order valence-corrected chi connectivity index (χ2v) is 6.37. The van der Waals surface area contributed by atoms with Crippen LogP contribution in [-0.2, 0) is 0 Å². The number of rotatable bonds is 5. The minimum atomic E-state index is -0.303. The maximum Gasteiger partial charge on any atom is 0.259 e. The van der Waals surface area contributed by atoms with Crippen molar-refractivity contribution >= 4 is 45.2 Å². The molecule has 0 fully saturated rings. The Morgan fingerprint density at radius 1 is 1.07 bits per heavy atom. The SMILES string of the molecule is COc1cc(/C=C(\Cl)c2nc3cc(Cl)ccc3c(=O)[nH]2)cc(OC)c1OC. The van der Waals surface area contributed by atoms with Crippen LogP contribution in [-0.4, -0.2) is 31.3 Å². The van der Waals surface area contributed by atoms with Crippen LogP contribution in [0.5, 0.6) is 17.2 Å². The molecule has 0 saturated carbocycles. The Morgan fingerprint density at radius 3 is 2.33 bits per heavy atom. The van der Waals surface area contributed by atoms with Crippen LogP contribution in [0.15, 0.2) is 35.1 Å². The Balaban J connectivity index is 2.10. The summed E-state index contributed by atoms with van der Waals surface area (Å²) in [6.07, 6.45) is 1.64. The normalized spacial score (nSPS) is 11.5. The number of nitrogens with zero attached hydrogens (tertiary/aromatic N) is 1. The quantitative estimate of drug-likeness (QED) is 0.681. The molecule has 0 aliphatic carbocycles. The highest BCUT2D eigenvalue weighted by Gasteiger charge is 2.13. The lowest BCUT2D eigenvalue weighted by molar-refractivity contribution is 0.324. The van der Waals surface area contributed by atoms with Crippen molar-refractivity contribution in [2.75, 3.05) is 21.3 Å². The Bertz CT molecular complexity index is 1070. The van der Waals surface area contributed by atoms with Crippen LogP contribution < -0.4 is 19.8 Å². The number of hydrogen-bond acceptors (Lipinski definition) is 5. The van der Waals surface area contributed by atoms with E-state index in [0.29, 0.717) is 38.7 Å². The van der Waals surface area contributed by atoms with Crippen molar-refractivity contribution in [3.63, 3.8) is 0 Å². The predicted octanol–water partition coefficient (Wildman–Crippen LogP) is 4.34. The van der Waals surface area contributed by atoms with E-state index >= 15 is 0 Å². The van der Waals surface area contributed by atoms with E-state index < -0.39 is 0 Å². The summed E-state index contributed by atoms with van der Waals surface area (Å²) in [7, 11) is 4.58. The molecule has 1 aromatic heterocycles. The van der Waals surface area contributed by atoms with Crippen LogP contribution in [0.1, 0.15) is 11.4 Å². The molecule has 0 aliphatic heterocycles. The number of halogens is 2. The highest BCUT2D eigenvalue weighted by molar-refractivity contribution is 6.50. The first-order valence-electron chi connectivity index (χ1n) is 7.84. The fourth-order valence-corrected chi connectivity index (χ4v) is 3.01. The molecule has 0 spiro atoms. The van der Waals surface area contributed by atoms with Gasteiger partial charge in [0.15, 0.2) is 17.3 Å². The maximum absolute atomic E-state index is 12.3. The van der Waals surface area contributed by atoms with Crippen LogP contribution in [0.25, 0.3) is 22.0 Å². The van der Waals surface area contributed by atoms with Crippen molar-refractivity contribution in [2.24, 2.45) is 0 Å². The molecule has 1 N–H and O–H groups in total. The zero-order valence-electron chi connectivity index (χ0n) is 14.8. The van der Waals surface area contributed by atoms with Crippen molar-refractivity contribution in [3.8, 4) is 17.2 Å². The zero-order chi connectivity index (χ0) is 19.6. The van der Waals surface area contributed by atoms with E-state index in [1.807, 2.05) is 0 Å². The number of hydrogen-bond donors (Lipinski definition) is 1. The van der Waals surface area contributed by atoms with Gasteiger partial charge in [0.25, 0.3) is 5.56 Å². The number of methoxy groups -OCH3 is 3. The second kappa shape index (κ2) is 7.90. The summed E-state index contributed by atoms with van der Waals surface area (Å²) in [4.78, 5) is 19.3. The molecule has 0 atom stereocenters. The Kier molecular flexibility index (Phi) is 5.58. The van der Waals surface area contributed by atoms with Gasteiger partial charge in [0.2, 0.25) is 5.75 Å². The fourth-order valence-electron chi connectivity index (χ4n) is 2.63. The highest BCUT2D eigenvalue weighted by atomic mass is 35.5. The van der Waals surface area contributed by atoms with E-state index in [2.05, 4.69) is 9.97 Å². The first kappa shape index (κ1) is 19.1. The lowest BCUT2D eigenvalue weighted by Crippen LogP contribution is -2.10. The van der Waals surface area contributed by atoms with Crippen LogP contribution in [0, 0.1) is 0 Å². The number of aromatic nitrogens is 2. The molecule has 6 nitrogen and oxygen atoms in total. The average Bonchev–Trinajstić information content (AvgIpc) is 2.66. The van der Waals surface area contributed by atoms with Gasteiger partial charge >= 0.3 is 0 Å². The standard InChI is InChI=1S/C19H16Cl2N2O4/c1-25-15-7-10(8-16(26-2)17(15)27-3)6-13(21)18-22-14-9-11(20)4-5-12(14)19(24)23-18/h4-9H,1-3H3,(H,22,23,24)/b13-6-. The first-order valence-corrected chi connectivity index (χ1v) is 8.59. The van der Waals surface area contributed by atoms with Crippen LogP contribution in [0.2, 0.25) is 5.02 Å². The first-order chi connectivity index (χ1) is 13.0. The molecule has 140 valence electrons. The predicted molar refractivity (Wildman–Crippen MR) is 107 cm³/mol. The molecule has 0 amide bonds. The smallest absolute Gasteiger partial charge is 0.259 e. The fraction of sp³-hybridized carbons (Fsp3) is 0.158. The molecule has 8 heteroatoms. The van der Waals surface area contributed by atoms with Gasteiger partial charge in [-0.15, -0.1) is 0 Å². The van der Waals surface area contributed by atoms with Gasteiger partial charge in [-0.1, -0.05) is 23.2 Å². The average molecular weight is 407 g/mol. The van der Waals surface area contributed by atoms with Gasteiger partial charge < -0.3 is 19.2 Å². The Labute approximate surface area is 165 Å². The van der Waals surface area contributed by atoms with E-state index in [0.717, 1.165) is 0 Å². The van der Waals surface area contributed by atoms with E-state index in [1.165, 1.54) is 21.3 Å². The molecule has 3 aromatic rings. The van der Waals surface area contributed by atoms with E-state index in [-0.39, 0.29) is 16.4 Å². The van der Waals surface area contributed by atoms with Crippen LogP contribution in [0.4, 0.5) is 0 Å². The summed E-state index contributed by atoms with van der Waals surface area (Å²) >= 11 is 12.4. The third kappa shape index (κ3) is 3.86. The number of aromatic amines is 1. The molecule has 0 saturated heterocycles. The Morgan fingerprint density at radius 2 is 1.74 bits per heavy atom. The summed E-state index contributed by atoms with van der Waals surface area (Å²) in [6.45, 7) is 0. The van der Waals surface area contributed by atoms with Gasteiger partial charge in [-0.2, -0.15) is 0 Å². The molecule has 27 heavy (non-hydrogen) atoms. The summed E-state index contributed by atoms with van der Waals surface area (Å²) in [6, 6.07) is 8.33. The van der Waals surface area contributed by atoms with Crippen molar-refractivity contribution in [1.29, 1.82) is 0 Å². The van der Waals surface area contributed by atoms with Gasteiger partial charge in [-0.05, 0) is 42.0 Å². The lowest BCUT2D eigenvalue weighted by atomic mass is 10.1. The van der Waals surface area contributed by atoms with Gasteiger partial charge in [0.05, 0.1) is 37.3 Å². The lowest BCUT2D eigenvalue weighted by Gasteiger charge is -2.13. The molecule has 0 bridgehead atoms. The Hall–Kier alpha value is -2.70. The summed E-state index contributed by atoms with van der Waals surface area (Å²) in [5, 5.41) is 1.15. The molecule has 1 heterocycles. The highest BCUT2D eigenvalue weighted by Crippen LogP contribution is 2.39. The second-order valence-electron chi connectivity index (χ2n) is 5.53. The van der Waals surface area contributed by atoms with E-state index in [1.54, 1.807) is 36.4 Å². The topological polar surface area (TPSA) is 73.4 Å². The third-order valence-corrected chi connectivity index (χ3v) is 4.40. The molecule has 0 unspecified atom stereocenters. The van der Waals surface area contributed by atoms with Gasteiger partial charge in [-0.25, -0.2) is 4.98 Å². The number of benzene rings is 2. The van der Waals surface area contributed by atoms with Gasteiger partial charge in [-0.3, -0.25) is 4.79 Å². The molecule has 0 aliphatic rings. The summed E-state index contributed by atoms with van der Waals surface area (Å²) < 4.78 is 16.0. The number of nitrogens with one attached hydrogen (secondary N) is 1. The van der Waals surface area contributed by atoms with Crippen molar-refractivity contribution < 1.29 is 14.2 Å². The van der Waals surface area contributed by atoms with Crippen LogP contribution >= 0.6 is 23.2 Å². The van der Waals surface area contributed by atoms with Crippen LogP contribution in [0.3, 0.4) is 0 Å². The summed E-state index contributed by atoms with van der Waals surface area (Å²) in [5.74, 6) is 1.67. The van der Waals surface area contributed by atoms with Gasteiger partial charge in [0.1, 0.15) is 0 Å². The van der Waals surface area contributed by atoms with E-state index in [9.17, 15) is 4.79 Å². The largest absolute Gasteiger partial charge is 0.493 e. The van der Waals surface area contributed by atoms with Crippen molar-refractivity contribution in [3.05, 3.63) is 57.1 Å². The van der Waals surface area contributed by atoms with Gasteiger partial charge in [0, 0.05) is 5.02 Å². The molecular formula is C19H16Cl2N2O4. The molecular weight excluding hydrogens is 391 g/mol. The minimum absolute atomic E-state index is 0.227. The van der Waals surface area contributed by atoms with E-state index in [4.69, 9.17) is 37.4 Å².